The van der Waals surface area contributed by atoms with E-state index in [1.54, 1.807) is 0 Å². The van der Waals surface area contributed by atoms with Gasteiger partial charge in [0, 0.05) is 12.2 Å². The average molecular weight is 301 g/mol. The van der Waals surface area contributed by atoms with Crippen LogP contribution in [0.4, 0.5) is 5.69 Å². The Morgan fingerprint density at radius 1 is 1.27 bits per heavy atom. The lowest BCUT2D eigenvalue weighted by molar-refractivity contribution is -0.117. The van der Waals surface area contributed by atoms with E-state index in [1.165, 1.54) is 12.0 Å². The fraction of sp³-hybridized carbons (Fsp3) is 0.611. The summed E-state index contributed by atoms with van der Waals surface area (Å²) >= 11 is 0. The van der Waals surface area contributed by atoms with Gasteiger partial charge in [0.25, 0.3) is 0 Å². The lowest BCUT2D eigenvalue weighted by atomic mass is 9.89. The molecule has 2 unspecified atom stereocenters. The van der Waals surface area contributed by atoms with Gasteiger partial charge in [-0.15, -0.1) is 0 Å². The quantitative estimate of drug-likeness (QED) is 0.897. The van der Waals surface area contributed by atoms with Crippen molar-refractivity contribution >= 4 is 11.6 Å². The molecular formula is C18H27N3O. The van der Waals surface area contributed by atoms with Crippen LogP contribution in [-0.4, -0.2) is 43.5 Å². The third-order valence-electron chi connectivity index (χ3n) is 5.02. The van der Waals surface area contributed by atoms with Gasteiger partial charge in [0.15, 0.2) is 0 Å². The highest BCUT2D eigenvalue weighted by Gasteiger charge is 2.33. The van der Waals surface area contributed by atoms with E-state index < -0.39 is 0 Å². The standard InChI is InChI=1S/C18H27N3O/c1-13(2)14-3-5-17(6-4-14)20-18(22)12-21-8-7-15-9-19-10-16(15)11-21/h3-6,13,15-16,19H,7-12H2,1-2H3,(H,20,22). The van der Waals surface area contributed by atoms with Crippen LogP contribution >= 0.6 is 0 Å². The summed E-state index contributed by atoms with van der Waals surface area (Å²) in [6, 6.07) is 8.19. The molecule has 2 atom stereocenters. The van der Waals surface area contributed by atoms with Crippen molar-refractivity contribution in [3.05, 3.63) is 29.8 Å². The number of hydrogen-bond donors (Lipinski definition) is 2. The molecule has 1 aromatic rings. The molecule has 0 bridgehead atoms. The van der Waals surface area contributed by atoms with Gasteiger partial charge in [-0.2, -0.15) is 0 Å². The molecule has 0 saturated carbocycles. The third-order valence-corrected chi connectivity index (χ3v) is 5.02. The molecule has 2 saturated heterocycles. The number of hydrogen-bond acceptors (Lipinski definition) is 3. The maximum Gasteiger partial charge on any atom is 0.238 e. The van der Waals surface area contributed by atoms with Crippen LogP contribution in [0.15, 0.2) is 24.3 Å². The number of likely N-dealkylation sites (tertiary alicyclic amines) is 1. The minimum absolute atomic E-state index is 0.0988. The number of benzene rings is 1. The Bertz CT molecular complexity index is 512. The summed E-state index contributed by atoms with van der Waals surface area (Å²) in [4.78, 5) is 14.5. The second-order valence-corrected chi connectivity index (χ2v) is 7.03. The molecule has 1 amide bonds. The van der Waals surface area contributed by atoms with Gasteiger partial charge in [-0.3, -0.25) is 9.69 Å². The van der Waals surface area contributed by atoms with Crippen LogP contribution in [0.1, 0.15) is 31.7 Å². The minimum Gasteiger partial charge on any atom is -0.325 e. The molecule has 2 aliphatic heterocycles. The van der Waals surface area contributed by atoms with Crippen molar-refractivity contribution in [2.45, 2.75) is 26.2 Å². The van der Waals surface area contributed by atoms with Crippen LogP contribution in [0, 0.1) is 11.8 Å². The zero-order valence-corrected chi connectivity index (χ0v) is 13.6. The van der Waals surface area contributed by atoms with Crippen molar-refractivity contribution in [3.8, 4) is 0 Å². The summed E-state index contributed by atoms with van der Waals surface area (Å²) in [6.45, 7) is 9.23. The first-order valence-electron chi connectivity index (χ1n) is 8.44. The van der Waals surface area contributed by atoms with Gasteiger partial charge in [0.05, 0.1) is 6.54 Å². The van der Waals surface area contributed by atoms with E-state index in [1.807, 2.05) is 12.1 Å². The number of anilines is 1. The summed E-state index contributed by atoms with van der Waals surface area (Å²) in [5.74, 6) is 2.17. The highest BCUT2D eigenvalue weighted by atomic mass is 16.2. The monoisotopic (exact) mass is 301 g/mol. The largest absolute Gasteiger partial charge is 0.325 e. The number of amides is 1. The zero-order valence-electron chi connectivity index (χ0n) is 13.6. The normalized spacial score (nSPS) is 25.2. The van der Waals surface area contributed by atoms with Gasteiger partial charge in [0.2, 0.25) is 5.91 Å². The molecule has 1 aromatic carbocycles. The number of piperidine rings is 1. The second kappa shape index (κ2) is 6.80. The van der Waals surface area contributed by atoms with E-state index in [9.17, 15) is 4.79 Å². The van der Waals surface area contributed by atoms with Crippen molar-refractivity contribution in [1.29, 1.82) is 0 Å². The maximum atomic E-state index is 12.2. The predicted molar refractivity (Wildman–Crippen MR) is 90.1 cm³/mol. The Morgan fingerprint density at radius 2 is 2.00 bits per heavy atom. The summed E-state index contributed by atoms with van der Waals surface area (Å²) in [7, 11) is 0. The SMILES string of the molecule is CC(C)c1ccc(NC(=O)CN2CCC3CNCC3C2)cc1. The highest BCUT2D eigenvalue weighted by Crippen LogP contribution is 2.26. The second-order valence-electron chi connectivity index (χ2n) is 7.03. The lowest BCUT2D eigenvalue weighted by Crippen LogP contribution is -2.43. The van der Waals surface area contributed by atoms with Crippen LogP contribution in [-0.2, 0) is 4.79 Å². The van der Waals surface area contributed by atoms with Crippen LogP contribution in [0.25, 0.3) is 0 Å². The molecule has 22 heavy (non-hydrogen) atoms. The van der Waals surface area contributed by atoms with Crippen molar-refractivity contribution in [1.82, 2.24) is 10.2 Å². The molecule has 0 aromatic heterocycles. The summed E-state index contributed by atoms with van der Waals surface area (Å²) in [5, 5.41) is 6.48. The molecular weight excluding hydrogens is 274 g/mol. The maximum absolute atomic E-state index is 12.2. The number of carbonyl (C=O) groups excluding carboxylic acids is 1. The first kappa shape index (κ1) is 15.5. The topological polar surface area (TPSA) is 44.4 Å². The van der Waals surface area contributed by atoms with E-state index >= 15 is 0 Å². The van der Waals surface area contributed by atoms with Gasteiger partial charge in [-0.05, 0) is 61.5 Å². The first-order chi connectivity index (χ1) is 10.6. The zero-order chi connectivity index (χ0) is 15.5. The van der Waals surface area contributed by atoms with Gasteiger partial charge >= 0.3 is 0 Å². The average Bonchev–Trinajstić information content (AvgIpc) is 2.95. The number of fused-ring (bicyclic) bond motifs is 1. The van der Waals surface area contributed by atoms with E-state index in [4.69, 9.17) is 0 Å². The Morgan fingerprint density at radius 3 is 2.73 bits per heavy atom. The molecule has 2 aliphatic rings. The van der Waals surface area contributed by atoms with E-state index in [0.717, 1.165) is 43.7 Å². The molecule has 2 heterocycles. The Labute approximate surface area is 133 Å². The van der Waals surface area contributed by atoms with Crippen LogP contribution in [0.3, 0.4) is 0 Å². The fourth-order valence-electron chi connectivity index (χ4n) is 3.61. The van der Waals surface area contributed by atoms with Crippen LogP contribution < -0.4 is 10.6 Å². The van der Waals surface area contributed by atoms with Crippen LogP contribution in [0.5, 0.6) is 0 Å². The summed E-state index contributed by atoms with van der Waals surface area (Å²) in [6.07, 6.45) is 1.22. The molecule has 4 heteroatoms. The minimum atomic E-state index is 0.0988. The van der Waals surface area contributed by atoms with Crippen molar-refractivity contribution in [2.24, 2.45) is 11.8 Å². The Balaban J connectivity index is 1.49. The number of nitrogens with one attached hydrogen (secondary N) is 2. The molecule has 0 aliphatic carbocycles. The molecule has 0 spiro atoms. The van der Waals surface area contributed by atoms with Crippen molar-refractivity contribution < 1.29 is 4.79 Å². The fourth-order valence-corrected chi connectivity index (χ4v) is 3.61. The predicted octanol–water partition coefficient (Wildman–Crippen LogP) is 2.29. The number of rotatable bonds is 4. The summed E-state index contributed by atoms with van der Waals surface area (Å²) < 4.78 is 0. The van der Waals surface area contributed by atoms with E-state index in [-0.39, 0.29) is 5.91 Å². The van der Waals surface area contributed by atoms with E-state index in [2.05, 4.69) is 41.5 Å². The van der Waals surface area contributed by atoms with Gasteiger partial charge in [0.1, 0.15) is 0 Å². The van der Waals surface area contributed by atoms with Gasteiger partial charge in [-0.25, -0.2) is 0 Å². The van der Waals surface area contributed by atoms with Crippen molar-refractivity contribution in [3.63, 3.8) is 0 Å². The van der Waals surface area contributed by atoms with Crippen LogP contribution in [0.2, 0.25) is 0 Å². The third kappa shape index (κ3) is 3.68. The smallest absolute Gasteiger partial charge is 0.238 e. The molecule has 4 nitrogen and oxygen atoms in total. The van der Waals surface area contributed by atoms with Crippen molar-refractivity contribution in [2.75, 3.05) is 38.0 Å². The van der Waals surface area contributed by atoms with Gasteiger partial charge < -0.3 is 10.6 Å². The molecule has 0 radical (unpaired) electrons. The molecule has 3 rings (SSSR count). The first-order valence-corrected chi connectivity index (χ1v) is 8.44. The Kier molecular flexibility index (Phi) is 4.79. The van der Waals surface area contributed by atoms with Gasteiger partial charge in [-0.1, -0.05) is 26.0 Å². The number of carbonyl (C=O) groups is 1. The lowest BCUT2D eigenvalue weighted by Gasteiger charge is -2.33. The summed E-state index contributed by atoms with van der Waals surface area (Å²) in [5.41, 5.74) is 2.20. The Hall–Kier alpha value is -1.39. The molecule has 120 valence electrons. The van der Waals surface area contributed by atoms with E-state index in [0.29, 0.717) is 12.5 Å². The molecule has 2 fully saturated rings. The molecule has 2 N–H and O–H groups in total. The number of nitrogens with zero attached hydrogens (tertiary/aromatic N) is 1. The highest BCUT2D eigenvalue weighted by molar-refractivity contribution is 5.92.